The standard InChI is InChI=1S/C15H17NO4/c1-15(2)8-12(17)16(13(18)9-15)11-6-4-5-10(7-11)14(19)20-3/h4-7H,8-9H2,1-3H3. The van der Waals surface area contributed by atoms with Crippen LogP contribution in [0, 0.1) is 5.41 Å². The van der Waals surface area contributed by atoms with Gasteiger partial charge in [-0.25, -0.2) is 4.79 Å². The number of methoxy groups -OCH3 is 1. The Morgan fingerprint density at radius 2 is 1.80 bits per heavy atom. The Bertz CT molecular complexity index is 557. The fourth-order valence-corrected chi connectivity index (χ4v) is 2.36. The van der Waals surface area contributed by atoms with Crippen LogP contribution in [0.3, 0.4) is 0 Å². The summed E-state index contributed by atoms with van der Waals surface area (Å²) in [5.41, 5.74) is 0.416. The lowest BCUT2D eigenvalue weighted by atomic mass is 9.81. The molecular weight excluding hydrogens is 258 g/mol. The number of anilines is 1. The number of benzene rings is 1. The molecule has 1 saturated heterocycles. The molecule has 1 aromatic carbocycles. The predicted molar refractivity (Wildman–Crippen MR) is 73.3 cm³/mol. The van der Waals surface area contributed by atoms with Crippen molar-refractivity contribution in [2.24, 2.45) is 5.41 Å². The van der Waals surface area contributed by atoms with Crippen LogP contribution in [0.5, 0.6) is 0 Å². The lowest BCUT2D eigenvalue weighted by Crippen LogP contribution is -2.46. The van der Waals surface area contributed by atoms with Crippen LogP contribution in [0.15, 0.2) is 24.3 Å². The summed E-state index contributed by atoms with van der Waals surface area (Å²) in [5, 5.41) is 0. The van der Waals surface area contributed by atoms with E-state index < -0.39 is 5.97 Å². The van der Waals surface area contributed by atoms with E-state index in [0.29, 0.717) is 24.1 Å². The minimum atomic E-state index is -0.496. The summed E-state index contributed by atoms with van der Waals surface area (Å²) in [6.45, 7) is 3.79. The van der Waals surface area contributed by atoms with E-state index in [1.165, 1.54) is 13.2 Å². The second kappa shape index (κ2) is 5.07. The van der Waals surface area contributed by atoms with Crippen LogP contribution in [-0.4, -0.2) is 24.9 Å². The van der Waals surface area contributed by atoms with E-state index in [2.05, 4.69) is 4.74 Å². The van der Waals surface area contributed by atoms with Crippen LogP contribution in [0.4, 0.5) is 5.69 Å². The van der Waals surface area contributed by atoms with Gasteiger partial charge in [0, 0.05) is 12.8 Å². The molecule has 0 bridgehead atoms. The van der Waals surface area contributed by atoms with E-state index >= 15 is 0 Å². The van der Waals surface area contributed by atoms with Crippen LogP contribution in [0.2, 0.25) is 0 Å². The first-order valence-electron chi connectivity index (χ1n) is 6.38. The normalized spacial score (nSPS) is 18.1. The maximum Gasteiger partial charge on any atom is 0.337 e. The number of amides is 2. The molecule has 0 aliphatic carbocycles. The molecule has 2 rings (SSSR count). The van der Waals surface area contributed by atoms with Crippen molar-refractivity contribution in [2.45, 2.75) is 26.7 Å². The first kappa shape index (κ1) is 14.2. The van der Waals surface area contributed by atoms with Gasteiger partial charge in [0.25, 0.3) is 0 Å². The van der Waals surface area contributed by atoms with Gasteiger partial charge in [0.05, 0.1) is 18.4 Å². The van der Waals surface area contributed by atoms with Crippen molar-refractivity contribution in [3.63, 3.8) is 0 Å². The van der Waals surface area contributed by atoms with Gasteiger partial charge in [0.1, 0.15) is 0 Å². The number of carbonyl (C=O) groups is 3. The van der Waals surface area contributed by atoms with E-state index in [0.717, 1.165) is 4.90 Å². The van der Waals surface area contributed by atoms with E-state index in [9.17, 15) is 14.4 Å². The molecule has 20 heavy (non-hydrogen) atoms. The molecule has 0 atom stereocenters. The number of hydrogen-bond acceptors (Lipinski definition) is 4. The molecule has 106 valence electrons. The van der Waals surface area contributed by atoms with Crippen molar-refractivity contribution in [2.75, 3.05) is 12.0 Å². The van der Waals surface area contributed by atoms with Crippen LogP contribution in [0.25, 0.3) is 0 Å². The van der Waals surface area contributed by atoms with E-state index in [-0.39, 0.29) is 17.2 Å². The second-order valence-electron chi connectivity index (χ2n) is 5.68. The molecule has 0 aromatic heterocycles. The fourth-order valence-electron chi connectivity index (χ4n) is 2.36. The van der Waals surface area contributed by atoms with Crippen LogP contribution in [-0.2, 0) is 14.3 Å². The highest BCUT2D eigenvalue weighted by atomic mass is 16.5. The third-order valence-corrected chi connectivity index (χ3v) is 3.28. The number of rotatable bonds is 2. The summed E-state index contributed by atoms with van der Waals surface area (Å²) >= 11 is 0. The van der Waals surface area contributed by atoms with Crippen LogP contribution >= 0.6 is 0 Å². The topological polar surface area (TPSA) is 63.7 Å². The number of piperidine rings is 1. The largest absolute Gasteiger partial charge is 0.465 e. The first-order valence-corrected chi connectivity index (χ1v) is 6.38. The Morgan fingerprint density at radius 1 is 1.20 bits per heavy atom. The molecular formula is C15H17NO4. The summed E-state index contributed by atoms with van der Waals surface area (Å²) in [6.07, 6.45) is 0.613. The number of imide groups is 1. The molecule has 1 heterocycles. The Morgan fingerprint density at radius 3 is 2.35 bits per heavy atom. The number of esters is 1. The first-order chi connectivity index (χ1) is 9.34. The Kier molecular flexibility index (Phi) is 3.61. The third-order valence-electron chi connectivity index (χ3n) is 3.28. The lowest BCUT2D eigenvalue weighted by Gasteiger charge is -2.34. The molecule has 0 N–H and O–H groups in total. The number of ether oxygens (including phenoxy) is 1. The van der Waals surface area contributed by atoms with Crippen molar-refractivity contribution in [3.05, 3.63) is 29.8 Å². The third kappa shape index (κ3) is 2.71. The second-order valence-corrected chi connectivity index (χ2v) is 5.68. The van der Waals surface area contributed by atoms with Gasteiger partial charge in [-0.15, -0.1) is 0 Å². The van der Waals surface area contributed by atoms with Gasteiger partial charge in [0.15, 0.2) is 0 Å². The van der Waals surface area contributed by atoms with Gasteiger partial charge in [-0.3, -0.25) is 14.5 Å². The van der Waals surface area contributed by atoms with Gasteiger partial charge in [-0.2, -0.15) is 0 Å². The monoisotopic (exact) mass is 275 g/mol. The van der Waals surface area contributed by atoms with Gasteiger partial charge in [-0.05, 0) is 23.6 Å². The van der Waals surface area contributed by atoms with Crippen molar-refractivity contribution in [1.29, 1.82) is 0 Å². The molecule has 5 heteroatoms. The highest BCUT2D eigenvalue weighted by Gasteiger charge is 2.38. The van der Waals surface area contributed by atoms with Gasteiger partial charge >= 0.3 is 5.97 Å². The Labute approximate surface area is 117 Å². The van der Waals surface area contributed by atoms with Gasteiger partial charge in [0.2, 0.25) is 11.8 Å². The SMILES string of the molecule is COC(=O)c1cccc(N2C(=O)CC(C)(C)CC2=O)c1. The molecule has 2 amide bonds. The summed E-state index contributed by atoms with van der Waals surface area (Å²) in [6, 6.07) is 6.35. The zero-order valence-electron chi connectivity index (χ0n) is 11.8. The van der Waals surface area contributed by atoms with Crippen LogP contribution < -0.4 is 4.90 Å². The average Bonchev–Trinajstić information content (AvgIpc) is 2.35. The summed E-state index contributed by atoms with van der Waals surface area (Å²) in [5.74, 6) is -0.981. The number of nitrogens with zero attached hydrogens (tertiary/aromatic N) is 1. The van der Waals surface area contributed by atoms with Crippen molar-refractivity contribution in [1.82, 2.24) is 0 Å². The summed E-state index contributed by atoms with van der Waals surface area (Å²) in [4.78, 5) is 37.0. The molecule has 1 aliphatic rings. The molecule has 0 saturated carbocycles. The highest BCUT2D eigenvalue weighted by Crippen LogP contribution is 2.34. The Balaban J connectivity index is 2.34. The van der Waals surface area contributed by atoms with Crippen molar-refractivity contribution in [3.8, 4) is 0 Å². The fraction of sp³-hybridized carbons (Fsp3) is 0.400. The zero-order valence-corrected chi connectivity index (χ0v) is 11.8. The summed E-state index contributed by atoms with van der Waals surface area (Å²) < 4.78 is 4.64. The Hall–Kier alpha value is -2.17. The summed E-state index contributed by atoms with van der Waals surface area (Å²) in [7, 11) is 1.29. The average molecular weight is 275 g/mol. The molecule has 0 spiro atoms. The number of carbonyl (C=O) groups excluding carboxylic acids is 3. The molecule has 1 aliphatic heterocycles. The maximum atomic E-state index is 12.2. The minimum absolute atomic E-state index is 0.242. The zero-order chi connectivity index (χ0) is 14.9. The maximum absolute atomic E-state index is 12.2. The minimum Gasteiger partial charge on any atom is -0.465 e. The molecule has 0 radical (unpaired) electrons. The quantitative estimate of drug-likeness (QED) is 0.613. The van der Waals surface area contributed by atoms with Crippen LogP contribution in [0.1, 0.15) is 37.0 Å². The molecule has 1 aromatic rings. The van der Waals surface area contributed by atoms with Gasteiger partial charge in [-0.1, -0.05) is 19.9 Å². The van der Waals surface area contributed by atoms with Crippen molar-refractivity contribution < 1.29 is 19.1 Å². The molecule has 1 fully saturated rings. The predicted octanol–water partition coefficient (Wildman–Crippen LogP) is 2.15. The van der Waals surface area contributed by atoms with E-state index in [1.807, 2.05) is 13.8 Å². The van der Waals surface area contributed by atoms with Gasteiger partial charge < -0.3 is 4.74 Å². The van der Waals surface area contributed by atoms with E-state index in [4.69, 9.17) is 0 Å². The van der Waals surface area contributed by atoms with Crippen molar-refractivity contribution >= 4 is 23.5 Å². The highest BCUT2D eigenvalue weighted by molar-refractivity contribution is 6.17. The molecule has 0 unspecified atom stereocenters. The lowest BCUT2D eigenvalue weighted by molar-refractivity contribution is -0.132. The van der Waals surface area contributed by atoms with E-state index in [1.54, 1.807) is 18.2 Å². The molecule has 5 nitrogen and oxygen atoms in total. The number of hydrogen-bond donors (Lipinski definition) is 0. The smallest absolute Gasteiger partial charge is 0.337 e.